The summed E-state index contributed by atoms with van der Waals surface area (Å²) in [5.41, 5.74) is 1.20. The Hall–Kier alpha value is -1.56. The quantitative estimate of drug-likeness (QED) is 0.795. The predicted octanol–water partition coefficient (Wildman–Crippen LogP) is 3.71. The van der Waals surface area contributed by atoms with Gasteiger partial charge < -0.3 is 4.90 Å². The maximum Gasteiger partial charge on any atom is 0.126 e. The molecule has 0 bridgehead atoms. The maximum absolute atomic E-state index is 13.4. The van der Waals surface area contributed by atoms with Gasteiger partial charge >= 0.3 is 0 Å². The van der Waals surface area contributed by atoms with Gasteiger partial charge in [0.1, 0.15) is 5.82 Å². The molecule has 0 aromatic heterocycles. The number of nitrogens with zero attached hydrogens (tertiary/aromatic N) is 2. The van der Waals surface area contributed by atoms with Gasteiger partial charge in [-0.15, -0.1) is 0 Å². The Morgan fingerprint density at radius 1 is 1.22 bits per heavy atom. The average Bonchev–Trinajstić information content (AvgIpc) is 2.38. The lowest BCUT2D eigenvalue weighted by atomic mass is 9.86. The third kappa shape index (κ3) is 2.81. The van der Waals surface area contributed by atoms with Crippen LogP contribution in [0.1, 0.15) is 38.2 Å². The van der Waals surface area contributed by atoms with Crippen LogP contribution < -0.4 is 4.90 Å². The first-order valence-corrected chi connectivity index (χ1v) is 6.53. The van der Waals surface area contributed by atoms with Crippen molar-refractivity contribution in [1.82, 2.24) is 0 Å². The minimum Gasteiger partial charge on any atom is -0.371 e. The van der Waals surface area contributed by atoms with Crippen molar-refractivity contribution >= 4 is 5.69 Å². The Kier molecular flexibility index (Phi) is 3.86. The van der Waals surface area contributed by atoms with Gasteiger partial charge in [-0.05, 0) is 49.8 Å². The summed E-state index contributed by atoms with van der Waals surface area (Å²) < 4.78 is 13.4. The van der Waals surface area contributed by atoms with Gasteiger partial charge in [0.15, 0.2) is 0 Å². The highest BCUT2D eigenvalue weighted by Gasteiger charge is 2.22. The third-order valence-electron chi connectivity index (χ3n) is 3.95. The second kappa shape index (κ2) is 5.39. The van der Waals surface area contributed by atoms with E-state index in [0.29, 0.717) is 11.6 Å². The normalized spacial score (nSPS) is 23.4. The first kappa shape index (κ1) is 12.9. The summed E-state index contributed by atoms with van der Waals surface area (Å²) >= 11 is 0. The molecular formula is C15H19FN2. The van der Waals surface area contributed by atoms with Crippen LogP contribution in [0.15, 0.2) is 18.2 Å². The highest BCUT2D eigenvalue weighted by Crippen LogP contribution is 2.29. The van der Waals surface area contributed by atoms with E-state index in [1.807, 2.05) is 13.1 Å². The molecule has 2 nitrogen and oxygen atoms in total. The molecule has 18 heavy (non-hydrogen) atoms. The van der Waals surface area contributed by atoms with E-state index in [1.165, 1.54) is 25.0 Å². The lowest BCUT2D eigenvalue weighted by molar-refractivity contribution is 0.340. The SMILES string of the molecule is CC1CCC(N(C)c2cc(F)cc(C#N)c2)CC1. The molecule has 3 heteroatoms. The van der Waals surface area contributed by atoms with Crippen LogP contribution in [0.5, 0.6) is 0 Å². The van der Waals surface area contributed by atoms with Crippen LogP contribution in [0, 0.1) is 23.1 Å². The molecule has 1 aromatic rings. The number of rotatable bonds is 2. The summed E-state index contributed by atoms with van der Waals surface area (Å²) in [6, 6.07) is 7.03. The van der Waals surface area contributed by atoms with Crippen LogP contribution in [-0.4, -0.2) is 13.1 Å². The molecule has 0 heterocycles. The number of hydrogen-bond acceptors (Lipinski definition) is 2. The first-order chi connectivity index (χ1) is 8.60. The van der Waals surface area contributed by atoms with Crippen molar-refractivity contribution in [3.05, 3.63) is 29.6 Å². The summed E-state index contributed by atoms with van der Waals surface area (Å²) in [5, 5.41) is 8.88. The molecule has 1 fully saturated rings. The highest BCUT2D eigenvalue weighted by molar-refractivity contribution is 5.52. The van der Waals surface area contributed by atoms with Crippen LogP contribution in [0.25, 0.3) is 0 Å². The molecule has 0 atom stereocenters. The number of halogens is 1. The van der Waals surface area contributed by atoms with E-state index in [0.717, 1.165) is 24.4 Å². The lowest BCUT2D eigenvalue weighted by Gasteiger charge is -2.35. The first-order valence-electron chi connectivity index (χ1n) is 6.53. The van der Waals surface area contributed by atoms with Gasteiger partial charge in [0, 0.05) is 18.8 Å². The van der Waals surface area contributed by atoms with Crippen LogP contribution in [0.2, 0.25) is 0 Å². The van der Waals surface area contributed by atoms with E-state index >= 15 is 0 Å². The number of benzene rings is 1. The molecule has 0 unspecified atom stereocenters. The molecule has 0 saturated heterocycles. The topological polar surface area (TPSA) is 27.0 Å². The molecule has 0 aliphatic heterocycles. The summed E-state index contributed by atoms with van der Waals surface area (Å²) in [6.07, 6.45) is 4.76. The van der Waals surface area contributed by atoms with E-state index in [2.05, 4.69) is 11.8 Å². The Morgan fingerprint density at radius 2 is 1.89 bits per heavy atom. The van der Waals surface area contributed by atoms with Crippen molar-refractivity contribution in [1.29, 1.82) is 5.26 Å². The zero-order valence-electron chi connectivity index (χ0n) is 11.0. The van der Waals surface area contributed by atoms with E-state index in [1.54, 1.807) is 6.07 Å². The standard InChI is InChI=1S/C15H19FN2/c1-11-3-5-14(6-4-11)18(2)15-8-12(10-17)7-13(16)9-15/h7-9,11,14H,3-6H2,1-2H3. The molecule has 0 radical (unpaired) electrons. The van der Waals surface area contributed by atoms with Crippen molar-refractivity contribution in [2.45, 2.75) is 38.6 Å². The second-order valence-corrected chi connectivity index (χ2v) is 5.33. The average molecular weight is 246 g/mol. The zero-order chi connectivity index (χ0) is 13.1. The number of anilines is 1. The molecule has 1 aliphatic rings. The van der Waals surface area contributed by atoms with E-state index < -0.39 is 0 Å². The Balaban J connectivity index is 2.16. The van der Waals surface area contributed by atoms with Gasteiger partial charge in [0.25, 0.3) is 0 Å². The minimum atomic E-state index is -0.333. The van der Waals surface area contributed by atoms with Crippen molar-refractivity contribution in [3.8, 4) is 6.07 Å². The van der Waals surface area contributed by atoms with E-state index in [-0.39, 0.29) is 5.82 Å². The molecule has 0 amide bonds. The Labute approximate surface area is 108 Å². The lowest BCUT2D eigenvalue weighted by Crippen LogP contribution is -2.34. The number of hydrogen-bond donors (Lipinski definition) is 0. The predicted molar refractivity (Wildman–Crippen MR) is 70.9 cm³/mol. The fraction of sp³-hybridized carbons (Fsp3) is 0.533. The van der Waals surface area contributed by atoms with Crippen molar-refractivity contribution in [2.24, 2.45) is 5.92 Å². The van der Waals surface area contributed by atoms with Gasteiger partial charge in [-0.2, -0.15) is 5.26 Å². The third-order valence-corrected chi connectivity index (χ3v) is 3.95. The fourth-order valence-electron chi connectivity index (χ4n) is 2.68. The van der Waals surface area contributed by atoms with Gasteiger partial charge in [-0.25, -0.2) is 4.39 Å². The van der Waals surface area contributed by atoms with Gasteiger partial charge in [0.2, 0.25) is 0 Å². The molecule has 2 rings (SSSR count). The Bertz CT molecular complexity index is 456. The van der Waals surface area contributed by atoms with Crippen LogP contribution >= 0.6 is 0 Å². The van der Waals surface area contributed by atoms with E-state index in [4.69, 9.17) is 5.26 Å². The molecule has 1 saturated carbocycles. The fourth-order valence-corrected chi connectivity index (χ4v) is 2.68. The second-order valence-electron chi connectivity index (χ2n) is 5.33. The molecule has 1 aromatic carbocycles. The highest BCUT2D eigenvalue weighted by atomic mass is 19.1. The monoisotopic (exact) mass is 246 g/mol. The van der Waals surface area contributed by atoms with Gasteiger partial charge in [-0.3, -0.25) is 0 Å². The molecule has 0 N–H and O–H groups in total. The van der Waals surface area contributed by atoms with E-state index in [9.17, 15) is 4.39 Å². The molecule has 1 aliphatic carbocycles. The van der Waals surface area contributed by atoms with Gasteiger partial charge in [0.05, 0.1) is 11.6 Å². The van der Waals surface area contributed by atoms with Crippen LogP contribution in [0.4, 0.5) is 10.1 Å². The summed E-state index contributed by atoms with van der Waals surface area (Å²) in [4.78, 5) is 2.12. The van der Waals surface area contributed by atoms with Crippen molar-refractivity contribution in [2.75, 3.05) is 11.9 Å². The van der Waals surface area contributed by atoms with Crippen molar-refractivity contribution in [3.63, 3.8) is 0 Å². The maximum atomic E-state index is 13.4. The molecular weight excluding hydrogens is 227 g/mol. The van der Waals surface area contributed by atoms with Crippen LogP contribution in [-0.2, 0) is 0 Å². The summed E-state index contributed by atoms with van der Waals surface area (Å²) in [5.74, 6) is 0.469. The molecule has 96 valence electrons. The largest absolute Gasteiger partial charge is 0.371 e. The smallest absolute Gasteiger partial charge is 0.126 e. The summed E-state index contributed by atoms with van der Waals surface area (Å²) in [7, 11) is 2.00. The number of nitriles is 1. The summed E-state index contributed by atoms with van der Waals surface area (Å²) in [6.45, 7) is 2.28. The zero-order valence-corrected chi connectivity index (χ0v) is 11.0. The van der Waals surface area contributed by atoms with Crippen LogP contribution in [0.3, 0.4) is 0 Å². The minimum absolute atomic E-state index is 0.333. The van der Waals surface area contributed by atoms with Crippen molar-refractivity contribution < 1.29 is 4.39 Å². The van der Waals surface area contributed by atoms with Gasteiger partial charge in [-0.1, -0.05) is 6.92 Å². The molecule has 0 spiro atoms. The Morgan fingerprint density at radius 3 is 2.50 bits per heavy atom.